The highest BCUT2D eigenvalue weighted by Crippen LogP contribution is 2.45. The molecule has 0 aliphatic heterocycles. The maximum atomic E-state index is 12.6. The topological polar surface area (TPSA) is 55.4 Å². The number of hydrogen-bond acceptors (Lipinski definition) is 3. The second-order valence-corrected chi connectivity index (χ2v) is 9.93. The highest BCUT2D eigenvalue weighted by Gasteiger charge is 2.32. The number of rotatable bonds is 7. The van der Waals surface area contributed by atoms with Gasteiger partial charge in [-0.2, -0.15) is 0 Å². The SMILES string of the molecule is CCOC(=O)C[C@@H](N[S@@](=O)C(C)(C)C)c1c(Br)cccc1C1CC1. The average molecular weight is 416 g/mol. The number of ether oxygens (including phenoxy) is 1. The maximum Gasteiger partial charge on any atom is 0.307 e. The van der Waals surface area contributed by atoms with E-state index < -0.39 is 15.7 Å². The summed E-state index contributed by atoms with van der Waals surface area (Å²) in [6, 6.07) is 5.76. The summed E-state index contributed by atoms with van der Waals surface area (Å²) in [5.74, 6) is 0.255. The summed E-state index contributed by atoms with van der Waals surface area (Å²) < 4.78 is 21.5. The summed E-state index contributed by atoms with van der Waals surface area (Å²) in [5, 5.41) is 0. The number of carbonyl (C=O) groups is 1. The van der Waals surface area contributed by atoms with Crippen molar-refractivity contribution in [1.29, 1.82) is 0 Å². The first-order valence-electron chi connectivity index (χ1n) is 8.36. The molecule has 4 nitrogen and oxygen atoms in total. The van der Waals surface area contributed by atoms with Crippen LogP contribution >= 0.6 is 15.9 Å². The molecule has 0 radical (unpaired) electrons. The van der Waals surface area contributed by atoms with Gasteiger partial charge >= 0.3 is 5.97 Å². The van der Waals surface area contributed by atoms with Crippen molar-refractivity contribution in [3.8, 4) is 0 Å². The molecule has 2 rings (SSSR count). The predicted octanol–water partition coefficient (Wildman–Crippen LogP) is 4.37. The van der Waals surface area contributed by atoms with Crippen molar-refractivity contribution in [3.63, 3.8) is 0 Å². The van der Waals surface area contributed by atoms with E-state index in [0.29, 0.717) is 12.5 Å². The Bertz CT molecular complexity index is 623. The number of halogens is 1. The normalized spacial score (nSPS) is 17.4. The minimum atomic E-state index is -1.28. The molecule has 0 aromatic heterocycles. The molecule has 134 valence electrons. The number of hydrogen-bond donors (Lipinski definition) is 1. The van der Waals surface area contributed by atoms with Gasteiger partial charge in [-0.3, -0.25) is 4.79 Å². The van der Waals surface area contributed by atoms with Gasteiger partial charge in [0.05, 0.1) is 34.8 Å². The van der Waals surface area contributed by atoms with Crippen LogP contribution in [-0.2, 0) is 20.5 Å². The molecule has 1 saturated carbocycles. The van der Waals surface area contributed by atoms with Gasteiger partial charge in [-0.25, -0.2) is 8.93 Å². The Balaban J connectivity index is 2.35. The Kier molecular flexibility index (Phi) is 6.62. The van der Waals surface area contributed by atoms with Crippen LogP contribution in [0.4, 0.5) is 0 Å². The van der Waals surface area contributed by atoms with E-state index in [0.717, 1.165) is 22.9 Å². The Morgan fingerprint density at radius 2 is 2.08 bits per heavy atom. The van der Waals surface area contributed by atoms with E-state index in [1.807, 2.05) is 32.9 Å². The fourth-order valence-corrected chi connectivity index (χ4v) is 4.04. The number of benzene rings is 1. The van der Waals surface area contributed by atoms with E-state index in [9.17, 15) is 9.00 Å². The molecule has 0 unspecified atom stereocenters. The highest BCUT2D eigenvalue weighted by atomic mass is 79.9. The van der Waals surface area contributed by atoms with Crippen LogP contribution in [0.1, 0.15) is 70.0 Å². The number of nitrogens with one attached hydrogen (secondary N) is 1. The van der Waals surface area contributed by atoms with Gasteiger partial charge in [0, 0.05) is 4.47 Å². The molecule has 2 atom stereocenters. The molecule has 24 heavy (non-hydrogen) atoms. The number of carbonyl (C=O) groups excluding carboxylic acids is 1. The molecule has 0 amide bonds. The van der Waals surface area contributed by atoms with Crippen LogP contribution in [0.3, 0.4) is 0 Å². The van der Waals surface area contributed by atoms with E-state index in [2.05, 4.69) is 26.7 Å². The molecule has 1 N–H and O–H groups in total. The van der Waals surface area contributed by atoms with Crippen molar-refractivity contribution in [2.75, 3.05) is 6.61 Å². The monoisotopic (exact) mass is 415 g/mol. The first kappa shape index (κ1) is 19.6. The molecular weight excluding hydrogens is 390 g/mol. The third-order valence-corrected chi connectivity index (χ3v) is 6.24. The lowest BCUT2D eigenvalue weighted by molar-refractivity contribution is -0.143. The smallest absolute Gasteiger partial charge is 0.307 e. The largest absolute Gasteiger partial charge is 0.466 e. The van der Waals surface area contributed by atoms with E-state index in [-0.39, 0.29) is 18.4 Å². The van der Waals surface area contributed by atoms with Gasteiger partial charge in [0.1, 0.15) is 0 Å². The lowest BCUT2D eigenvalue weighted by Crippen LogP contribution is -2.37. The van der Waals surface area contributed by atoms with Crippen molar-refractivity contribution in [2.24, 2.45) is 0 Å². The third kappa shape index (κ3) is 5.14. The van der Waals surface area contributed by atoms with Crippen LogP contribution in [0.5, 0.6) is 0 Å². The van der Waals surface area contributed by atoms with Crippen LogP contribution in [0, 0.1) is 0 Å². The van der Waals surface area contributed by atoms with Gasteiger partial charge in [0.2, 0.25) is 0 Å². The van der Waals surface area contributed by atoms with Gasteiger partial charge < -0.3 is 4.74 Å². The van der Waals surface area contributed by atoms with Crippen molar-refractivity contribution < 1.29 is 13.7 Å². The first-order valence-corrected chi connectivity index (χ1v) is 10.3. The van der Waals surface area contributed by atoms with Gasteiger partial charge in [-0.05, 0) is 63.6 Å². The zero-order valence-corrected chi connectivity index (χ0v) is 17.1. The Morgan fingerprint density at radius 3 is 2.62 bits per heavy atom. The molecule has 0 saturated heterocycles. The summed E-state index contributed by atoms with van der Waals surface area (Å²) in [6.07, 6.45) is 2.49. The molecule has 0 spiro atoms. The lowest BCUT2D eigenvalue weighted by atomic mass is 9.96. The molecule has 1 aliphatic rings. The Labute approximate surface area is 155 Å². The van der Waals surface area contributed by atoms with Crippen LogP contribution in [0.2, 0.25) is 0 Å². The van der Waals surface area contributed by atoms with E-state index in [1.54, 1.807) is 6.92 Å². The zero-order valence-electron chi connectivity index (χ0n) is 14.7. The van der Waals surface area contributed by atoms with Crippen molar-refractivity contribution in [1.82, 2.24) is 4.72 Å². The molecule has 1 fully saturated rings. The first-order chi connectivity index (χ1) is 11.2. The average Bonchev–Trinajstić information content (AvgIpc) is 3.30. The zero-order chi connectivity index (χ0) is 17.9. The maximum absolute atomic E-state index is 12.6. The van der Waals surface area contributed by atoms with Crippen LogP contribution < -0.4 is 4.72 Å². The second-order valence-electron chi connectivity index (χ2n) is 7.08. The van der Waals surface area contributed by atoms with Crippen LogP contribution in [0.15, 0.2) is 22.7 Å². The van der Waals surface area contributed by atoms with Gasteiger partial charge in [0.15, 0.2) is 0 Å². The third-order valence-electron chi connectivity index (χ3n) is 3.93. The summed E-state index contributed by atoms with van der Waals surface area (Å²) >= 11 is 3.62. The fourth-order valence-electron chi connectivity index (χ4n) is 2.57. The molecule has 1 aromatic carbocycles. The van der Waals surface area contributed by atoms with E-state index in [1.165, 1.54) is 5.56 Å². The highest BCUT2D eigenvalue weighted by molar-refractivity contribution is 9.10. The van der Waals surface area contributed by atoms with E-state index >= 15 is 0 Å². The van der Waals surface area contributed by atoms with Crippen LogP contribution in [0.25, 0.3) is 0 Å². The summed E-state index contributed by atoms with van der Waals surface area (Å²) in [4.78, 5) is 12.1. The Morgan fingerprint density at radius 1 is 1.42 bits per heavy atom. The molecule has 0 bridgehead atoms. The summed E-state index contributed by atoms with van der Waals surface area (Å²) in [7, 11) is -1.28. The fraction of sp³-hybridized carbons (Fsp3) is 0.611. The van der Waals surface area contributed by atoms with Crippen LogP contribution in [-0.4, -0.2) is 21.5 Å². The van der Waals surface area contributed by atoms with Crippen molar-refractivity contribution in [2.45, 2.75) is 63.7 Å². The Hall–Kier alpha value is -0.720. The lowest BCUT2D eigenvalue weighted by Gasteiger charge is -2.26. The van der Waals surface area contributed by atoms with Gasteiger partial charge in [0.25, 0.3) is 0 Å². The minimum Gasteiger partial charge on any atom is -0.466 e. The van der Waals surface area contributed by atoms with Crippen molar-refractivity contribution in [3.05, 3.63) is 33.8 Å². The quantitative estimate of drug-likeness (QED) is 0.672. The molecule has 1 aromatic rings. The second kappa shape index (κ2) is 8.11. The molecule has 6 heteroatoms. The molecular formula is C18H26BrNO3S. The standard InChI is InChI=1S/C18H26BrNO3S/c1-5-23-16(21)11-15(20-24(22)18(2,3)4)17-13(12-9-10-12)7-6-8-14(17)19/h6-8,12,15,20H,5,9-11H2,1-4H3/t15-,24+/m1/s1. The molecule has 0 heterocycles. The number of esters is 1. The van der Waals surface area contributed by atoms with Gasteiger partial charge in [-0.15, -0.1) is 0 Å². The predicted molar refractivity (Wildman–Crippen MR) is 101 cm³/mol. The summed E-state index contributed by atoms with van der Waals surface area (Å²) in [5.41, 5.74) is 2.27. The van der Waals surface area contributed by atoms with Crippen molar-refractivity contribution >= 4 is 32.9 Å². The summed E-state index contributed by atoms with van der Waals surface area (Å²) in [6.45, 7) is 7.89. The van der Waals surface area contributed by atoms with Gasteiger partial charge in [-0.1, -0.05) is 28.1 Å². The minimum absolute atomic E-state index is 0.165. The van der Waals surface area contributed by atoms with E-state index in [4.69, 9.17) is 4.74 Å². The molecule has 1 aliphatic carbocycles.